The third-order valence-electron chi connectivity index (χ3n) is 3.59. The summed E-state index contributed by atoms with van der Waals surface area (Å²) in [5, 5.41) is 18.7. The van der Waals surface area contributed by atoms with E-state index in [4.69, 9.17) is 0 Å². The second-order valence-electron chi connectivity index (χ2n) is 4.78. The fourth-order valence-electron chi connectivity index (χ4n) is 2.83. The summed E-state index contributed by atoms with van der Waals surface area (Å²) in [6.45, 7) is 0.537. The van der Waals surface area contributed by atoms with E-state index in [1.807, 2.05) is 0 Å². The fraction of sp³-hybridized carbons (Fsp3) is 0.214. The minimum atomic E-state index is -1.31. The number of halogens is 1. The first-order valence-electron chi connectivity index (χ1n) is 6.34. The van der Waals surface area contributed by atoms with Crippen molar-refractivity contribution in [2.45, 2.75) is 19.4 Å². The van der Waals surface area contributed by atoms with Crippen molar-refractivity contribution in [2.75, 3.05) is 0 Å². The topological polar surface area (TPSA) is 92.4 Å². The van der Waals surface area contributed by atoms with Gasteiger partial charge in [-0.2, -0.15) is 4.39 Å². The number of fused-ring (bicyclic) bond motifs is 1. The molecule has 108 valence electrons. The van der Waals surface area contributed by atoms with E-state index < -0.39 is 17.9 Å². The van der Waals surface area contributed by atoms with Crippen molar-refractivity contribution in [1.82, 2.24) is 9.55 Å². The first-order chi connectivity index (χ1) is 10.0. The maximum absolute atomic E-state index is 12.9. The smallest absolute Gasteiger partial charge is 0.338 e. The van der Waals surface area contributed by atoms with Gasteiger partial charge in [0.1, 0.15) is 5.56 Å². The lowest BCUT2D eigenvalue weighted by Crippen LogP contribution is -2.08. The molecule has 0 saturated carbocycles. The van der Waals surface area contributed by atoms with Gasteiger partial charge >= 0.3 is 11.9 Å². The van der Waals surface area contributed by atoms with E-state index in [1.54, 1.807) is 4.57 Å². The van der Waals surface area contributed by atoms with Gasteiger partial charge in [0, 0.05) is 24.0 Å². The molecular formula is C14H11FN2O4. The number of nitrogens with zero attached hydrogens (tertiary/aromatic N) is 2. The molecule has 3 heterocycles. The summed E-state index contributed by atoms with van der Waals surface area (Å²) in [6.07, 6.45) is 2.47. The number of carboxylic acid groups (broad SMARTS) is 2. The summed E-state index contributed by atoms with van der Waals surface area (Å²) in [6, 6.07) is 2.53. The van der Waals surface area contributed by atoms with Crippen LogP contribution in [0.25, 0.3) is 11.3 Å². The largest absolute Gasteiger partial charge is 0.478 e. The van der Waals surface area contributed by atoms with E-state index in [9.17, 15) is 24.2 Å². The number of carboxylic acids is 2. The molecule has 6 nitrogen and oxygen atoms in total. The van der Waals surface area contributed by atoms with Crippen LogP contribution < -0.4 is 0 Å². The molecule has 2 aromatic rings. The third-order valence-corrected chi connectivity index (χ3v) is 3.59. The molecule has 7 heteroatoms. The van der Waals surface area contributed by atoms with E-state index >= 15 is 0 Å². The first kappa shape index (κ1) is 13.3. The van der Waals surface area contributed by atoms with E-state index in [-0.39, 0.29) is 16.8 Å². The van der Waals surface area contributed by atoms with Crippen LogP contribution in [-0.4, -0.2) is 31.7 Å². The molecule has 3 rings (SSSR count). The summed E-state index contributed by atoms with van der Waals surface area (Å²) in [5.41, 5.74) is 0.730. The quantitative estimate of drug-likeness (QED) is 0.844. The molecule has 21 heavy (non-hydrogen) atoms. The van der Waals surface area contributed by atoms with Crippen LogP contribution >= 0.6 is 0 Å². The van der Waals surface area contributed by atoms with Crippen molar-refractivity contribution < 1.29 is 24.2 Å². The van der Waals surface area contributed by atoms with Gasteiger partial charge in [-0.25, -0.2) is 14.6 Å². The molecule has 0 saturated heterocycles. The highest BCUT2D eigenvalue weighted by molar-refractivity contribution is 6.07. The van der Waals surface area contributed by atoms with Gasteiger partial charge in [-0.3, -0.25) is 0 Å². The van der Waals surface area contributed by atoms with Gasteiger partial charge in [0.15, 0.2) is 0 Å². The van der Waals surface area contributed by atoms with E-state index in [0.29, 0.717) is 24.2 Å². The lowest BCUT2D eigenvalue weighted by Gasteiger charge is -2.07. The Kier molecular flexibility index (Phi) is 2.97. The highest BCUT2D eigenvalue weighted by Gasteiger charge is 2.33. The molecule has 2 aromatic heterocycles. The second kappa shape index (κ2) is 4.69. The number of rotatable bonds is 3. The van der Waals surface area contributed by atoms with Crippen LogP contribution in [0, 0.1) is 5.95 Å². The third kappa shape index (κ3) is 1.97. The van der Waals surface area contributed by atoms with Gasteiger partial charge < -0.3 is 14.8 Å². The van der Waals surface area contributed by atoms with E-state index in [1.165, 1.54) is 12.3 Å². The Morgan fingerprint density at radius 1 is 1.19 bits per heavy atom. The van der Waals surface area contributed by atoms with Crippen molar-refractivity contribution in [1.29, 1.82) is 0 Å². The first-order valence-corrected chi connectivity index (χ1v) is 6.34. The highest BCUT2D eigenvalue weighted by Crippen LogP contribution is 2.35. The van der Waals surface area contributed by atoms with Crippen LogP contribution in [0.3, 0.4) is 0 Å². The lowest BCUT2D eigenvalue weighted by atomic mass is 10.0. The molecule has 2 N–H and O–H groups in total. The van der Waals surface area contributed by atoms with Crippen molar-refractivity contribution in [3.8, 4) is 11.3 Å². The Morgan fingerprint density at radius 3 is 2.48 bits per heavy atom. The van der Waals surface area contributed by atoms with Gasteiger partial charge in [-0.1, -0.05) is 0 Å². The zero-order valence-electron chi connectivity index (χ0n) is 10.8. The molecule has 0 aliphatic carbocycles. The van der Waals surface area contributed by atoms with Gasteiger partial charge in [-0.05, 0) is 25.0 Å². The molecule has 0 bridgehead atoms. The molecule has 0 aromatic carbocycles. The number of aromatic carboxylic acids is 2. The average molecular weight is 290 g/mol. The number of hydrogen-bond donors (Lipinski definition) is 2. The predicted molar refractivity (Wildman–Crippen MR) is 69.9 cm³/mol. The Balaban J connectivity index is 2.33. The van der Waals surface area contributed by atoms with Crippen LogP contribution in [0.5, 0.6) is 0 Å². The van der Waals surface area contributed by atoms with Gasteiger partial charge in [0.05, 0.1) is 11.3 Å². The Hall–Kier alpha value is -2.70. The lowest BCUT2D eigenvalue weighted by molar-refractivity contribution is 0.0652. The maximum atomic E-state index is 12.9. The van der Waals surface area contributed by atoms with Gasteiger partial charge in [0.2, 0.25) is 5.95 Å². The van der Waals surface area contributed by atoms with Crippen LogP contribution in [0.15, 0.2) is 18.3 Å². The molecule has 0 radical (unpaired) electrons. The predicted octanol–water partition coefficient (Wildman–Crippen LogP) is 2.03. The van der Waals surface area contributed by atoms with Crippen LogP contribution in [0.4, 0.5) is 4.39 Å². The maximum Gasteiger partial charge on any atom is 0.338 e. The van der Waals surface area contributed by atoms with Crippen LogP contribution in [0.1, 0.15) is 32.8 Å². The number of carbonyl (C=O) groups is 2. The van der Waals surface area contributed by atoms with Crippen molar-refractivity contribution in [2.24, 2.45) is 0 Å². The molecule has 0 amide bonds. The summed E-state index contributed by atoms with van der Waals surface area (Å²) < 4.78 is 14.6. The Labute approximate surface area is 118 Å². The van der Waals surface area contributed by atoms with E-state index in [0.717, 1.165) is 12.5 Å². The molecule has 0 unspecified atom stereocenters. The fourth-order valence-corrected chi connectivity index (χ4v) is 2.83. The van der Waals surface area contributed by atoms with Crippen LogP contribution in [0.2, 0.25) is 0 Å². The van der Waals surface area contributed by atoms with Gasteiger partial charge in [0.25, 0.3) is 0 Å². The summed E-state index contributed by atoms with van der Waals surface area (Å²) in [5.74, 6) is -3.25. The monoisotopic (exact) mass is 290 g/mol. The minimum absolute atomic E-state index is 0.181. The summed E-state index contributed by atoms with van der Waals surface area (Å²) >= 11 is 0. The average Bonchev–Trinajstić information content (AvgIpc) is 2.98. The number of hydrogen-bond acceptors (Lipinski definition) is 3. The Bertz CT molecular complexity index is 749. The molecule has 0 atom stereocenters. The molecule has 0 fully saturated rings. The van der Waals surface area contributed by atoms with Crippen molar-refractivity contribution in [3.05, 3.63) is 41.1 Å². The summed E-state index contributed by atoms with van der Waals surface area (Å²) in [7, 11) is 0. The zero-order chi connectivity index (χ0) is 15.1. The minimum Gasteiger partial charge on any atom is -0.478 e. The second-order valence-corrected chi connectivity index (χ2v) is 4.78. The number of aromatic nitrogens is 2. The molecule has 1 aliphatic rings. The van der Waals surface area contributed by atoms with Crippen LogP contribution in [-0.2, 0) is 13.0 Å². The normalized spacial score (nSPS) is 13.2. The number of pyridine rings is 1. The summed E-state index contributed by atoms with van der Waals surface area (Å²) in [4.78, 5) is 26.5. The Morgan fingerprint density at radius 2 is 1.90 bits per heavy atom. The standard InChI is InChI=1S/C14H11FN2O4/c15-9-4-3-7(6-16-9)12-11(14(20)21)10(13(18)19)8-2-1-5-17(8)12/h3-4,6H,1-2,5H2,(H,18,19)(H,20,21). The van der Waals surface area contributed by atoms with Gasteiger partial charge in [-0.15, -0.1) is 0 Å². The zero-order valence-corrected chi connectivity index (χ0v) is 10.8. The SMILES string of the molecule is O=C(O)c1c(C(=O)O)c(-c2ccc(F)nc2)n2c1CCC2. The molecule has 1 aliphatic heterocycles. The van der Waals surface area contributed by atoms with Crippen molar-refractivity contribution >= 4 is 11.9 Å². The highest BCUT2D eigenvalue weighted by atomic mass is 19.1. The molecular weight excluding hydrogens is 279 g/mol. The molecule has 0 spiro atoms. The van der Waals surface area contributed by atoms with Crippen molar-refractivity contribution in [3.63, 3.8) is 0 Å². The van der Waals surface area contributed by atoms with E-state index in [2.05, 4.69) is 4.98 Å².